The first-order valence-corrected chi connectivity index (χ1v) is 5.83. The summed E-state index contributed by atoms with van der Waals surface area (Å²) in [5.74, 6) is 1.96. The van der Waals surface area contributed by atoms with Gasteiger partial charge in [-0.25, -0.2) is 4.68 Å². The predicted octanol–water partition coefficient (Wildman–Crippen LogP) is 2.24. The van der Waals surface area contributed by atoms with Crippen LogP contribution in [0.1, 0.15) is 12.0 Å². The van der Waals surface area contributed by atoms with Gasteiger partial charge in [-0.15, -0.1) is 0 Å². The highest BCUT2D eigenvalue weighted by molar-refractivity contribution is 5.53. The Labute approximate surface area is 100 Å². The van der Waals surface area contributed by atoms with E-state index < -0.39 is 0 Å². The molecule has 1 aromatic carbocycles. The Hall–Kier alpha value is -1.97. The highest BCUT2D eigenvalue weighted by Gasteiger charge is 2.15. The lowest BCUT2D eigenvalue weighted by molar-refractivity contribution is 0.414. The first kappa shape index (κ1) is 10.2. The molecule has 0 fully saturated rings. The summed E-state index contributed by atoms with van der Waals surface area (Å²) < 4.78 is 7.18. The first-order chi connectivity index (χ1) is 8.38. The number of aryl methyl sites for hydroxylation is 1. The Balaban J connectivity index is 2.05. The molecule has 0 unspecified atom stereocenters. The number of nitrogens with one attached hydrogen (secondary N) is 1. The lowest BCUT2D eigenvalue weighted by atomic mass is 10.1. The minimum absolute atomic E-state index is 0.850. The summed E-state index contributed by atoms with van der Waals surface area (Å²) in [4.78, 5) is 0. The van der Waals surface area contributed by atoms with Crippen molar-refractivity contribution in [3.05, 3.63) is 36.0 Å². The quantitative estimate of drug-likeness (QED) is 0.858. The molecule has 1 N–H and O–H groups in total. The van der Waals surface area contributed by atoms with Crippen molar-refractivity contribution in [3.63, 3.8) is 0 Å². The van der Waals surface area contributed by atoms with Crippen molar-refractivity contribution in [2.24, 2.45) is 0 Å². The number of benzene rings is 1. The number of ether oxygens (including phenoxy) is 1. The van der Waals surface area contributed by atoms with Crippen molar-refractivity contribution in [2.75, 3.05) is 19.0 Å². The van der Waals surface area contributed by atoms with Crippen molar-refractivity contribution in [1.29, 1.82) is 0 Å². The fourth-order valence-electron chi connectivity index (χ4n) is 2.18. The number of rotatable bonds is 2. The fourth-order valence-corrected chi connectivity index (χ4v) is 2.18. The summed E-state index contributed by atoms with van der Waals surface area (Å²) in [5.41, 5.74) is 2.32. The summed E-state index contributed by atoms with van der Waals surface area (Å²) in [5, 5.41) is 7.85. The molecule has 0 aliphatic carbocycles. The van der Waals surface area contributed by atoms with Crippen LogP contribution in [0, 0.1) is 0 Å². The van der Waals surface area contributed by atoms with Crippen LogP contribution in [0.5, 0.6) is 5.75 Å². The smallest absolute Gasteiger partial charge is 0.132 e. The first-order valence-electron chi connectivity index (χ1n) is 5.83. The van der Waals surface area contributed by atoms with E-state index in [0.717, 1.165) is 30.2 Å². The predicted molar refractivity (Wildman–Crippen MR) is 66.9 cm³/mol. The Morgan fingerprint density at radius 2 is 2.35 bits per heavy atom. The van der Waals surface area contributed by atoms with Crippen LogP contribution in [-0.4, -0.2) is 23.4 Å². The van der Waals surface area contributed by atoms with Crippen molar-refractivity contribution in [2.45, 2.75) is 12.8 Å². The summed E-state index contributed by atoms with van der Waals surface area (Å²) in [6, 6.07) is 7.94. The molecule has 17 heavy (non-hydrogen) atoms. The Morgan fingerprint density at radius 3 is 3.24 bits per heavy atom. The highest BCUT2D eigenvalue weighted by atomic mass is 16.5. The van der Waals surface area contributed by atoms with Crippen LogP contribution in [0.25, 0.3) is 5.69 Å². The number of aromatic nitrogens is 2. The van der Waals surface area contributed by atoms with Crippen LogP contribution in [-0.2, 0) is 6.42 Å². The molecule has 4 nitrogen and oxygen atoms in total. The largest absolute Gasteiger partial charge is 0.497 e. The second-order valence-electron chi connectivity index (χ2n) is 4.16. The molecule has 0 amide bonds. The zero-order chi connectivity index (χ0) is 11.7. The average molecular weight is 229 g/mol. The molecule has 0 radical (unpaired) electrons. The molecule has 88 valence electrons. The van der Waals surface area contributed by atoms with Gasteiger partial charge < -0.3 is 10.1 Å². The Kier molecular flexibility index (Phi) is 2.48. The monoisotopic (exact) mass is 229 g/mol. The third-order valence-electron chi connectivity index (χ3n) is 3.06. The molecule has 0 saturated heterocycles. The van der Waals surface area contributed by atoms with Crippen molar-refractivity contribution >= 4 is 5.82 Å². The average Bonchev–Trinajstić information content (AvgIpc) is 2.82. The molecule has 1 aliphatic rings. The molecule has 0 spiro atoms. The molecule has 3 rings (SSSR count). The highest BCUT2D eigenvalue weighted by Crippen LogP contribution is 2.26. The number of nitrogens with zero attached hydrogens (tertiary/aromatic N) is 2. The van der Waals surface area contributed by atoms with Gasteiger partial charge in [-0.1, -0.05) is 6.07 Å². The molecule has 2 heterocycles. The molecule has 4 heteroatoms. The Morgan fingerprint density at radius 1 is 1.41 bits per heavy atom. The minimum atomic E-state index is 0.850. The number of hydrogen-bond acceptors (Lipinski definition) is 3. The van der Waals surface area contributed by atoms with E-state index in [9.17, 15) is 0 Å². The molecule has 0 atom stereocenters. The lowest BCUT2D eigenvalue weighted by Crippen LogP contribution is -2.14. The van der Waals surface area contributed by atoms with Gasteiger partial charge in [0.1, 0.15) is 11.6 Å². The van der Waals surface area contributed by atoms with Gasteiger partial charge in [0.15, 0.2) is 0 Å². The van der Waals surface area contributed by atoms with Crippen LogP contribution in [0.15, 0.2) is 30.5 Å². The van der Waals surface area contributed by atoms with Gasteiger partial charge in [0.2, 0.25) is 0 Å². The number of fused-ring (bicyclic) bond motifs is 1. The summed E-state index contributed by atoms with van der Waals surface area (Å²) >= 11 is 0. The van der Waals surface area contributed by atoms with E-state index in [1.165, 1.54) is 12.0 Å². The van der Waals surface area contributed by atoms with Crippen molar-refractivity contribution < 1.29 is 4.74 Å². The summed E-state index contributed by atoms with van der Waals surface area (Å²) in [6.07, 6.45) is 4.23. The van der Waals surface area contributed by atoms with Gasteiger partial charge in [0.05, 0.1) is 19.0 Å². The van der Waals surface area contributed by atoms with Gasteiger partial charge in [0, 0.05) is 18.2 Å². The molecule has 1 aliphatic heterocycles. The maximum absolute atomic E-state index is 5.24. The van der Waals surface area contributed by atoms with Crippen LogP contribution in [0.2, 0.25) is 0 Å². The van der Waals surface area contributed by atoms with E-state index in [0.29, 0.717) is 0 Å². The van der Waals surface area contributed by atoms with Crippen LogP contribution < -0.4 is 10.1 Å². The topological polar surface area (TPSA) is 39.1 Å². The van der Waals surface area contributed by atoms with Gasteiger partial charge in [0.25, 0.3) is 0 Å². The molecular weight excluding hydrogens is 214 g/mol. The van der Waals surface area contributed by atoms with Crippen LogP contribution >= 0.6 is 0 Å². The zero-order valence-electron chi connectivity index (χ0n) is 9.81. The number of hydrogen-bond donors (Lipinski definition) is 1. The zero-order valence-corrected chi connectivity index (χ0v) is 9.81. The molecule has 1 aromatic heterocycles. The summed E-state index contributed by atoms with van der Waals surface area (Å²) in [7, 11) is 1.68. The van der Waals surface area contributed by atoms with Gasteiger partial charge in [-0.3, -0.25) is 0 Å². The SMILES string of the molecule is COc1cccc(-n2ncc3c2NCCC3)c1. The van der Waals surface area contributed by atoms with Crippen molar-refractivity contribution in [3.8, 4) is 11.4 Å². The molecular formula is C13H15N3O. The van der Waals surface area contributed by atoms with E-state index in [1.54, 1.807) is 7.11 Å². The van der Waals surface area contributed by atoms with E-state index in [2.05, 4.69) is 10.4 Å². The second kappa shape index (κ2) is 4.13. The minimum Gasteiger partial charge on any atom is -0.497 e. The summed E-state index contributed by atoms with van der Waals surface area (Å²) in [6.45, 7) is 1.02. The maximum Gasteiger partial charge on any atom is 0.132 e. The van der Waals surface area contributed by atoms with Gasteiger partial charge >= 0.3 is 0 Å². The lowest BCUT2D eigenvalue weighted by Gasteiger charge is -2.16. The van der Waals surface area contributed by atoms with Gasteiger partial charge in [-0.05, 0) is 25.0 Å². The van der Waals surface area contributed by atoms with Gasteiger partial charge in [-0.2, -0.15) is 5.10 Å². The number of anilines is 1. The molecule has 0 saturated carbocycles. The van der Waals surface area contributed by atoms with E-state index in [-0.39, 0.29) is 0 Å². The third-order valence-corrected chi connectivity index (χ3v) is 3.06. The van der Waals surface area contributed by atoms with E-state index in [4.69, 9.17) is 4.74 Å². The normalized spacial score (nSPS) is 13.9. The molecule has 2 aromatic rings. The van der Waals surface area contributed by atoms with E-state index in [1.807, 2.05) is 35.1 Å². The standard InChI is InChI=1S/C13H15N3O/c1-17-12-6-2-5-11(8-12)16-13-10(9-15-16)4-3-7-14-13/h2,5-6,8-9,14H,3-4,7H2,1H3. The van der Waals surface area contributed by atoms with Crippen LogP contribution in [0.4, 0.5) is 5.82 Å². The van der Waals surface area contributed by atoms with Crippen LogP contribution in [0.3, 0.4) is 0 Å². The fraction of sp³-hybridized carbons (Fsp3) is 0.308. The van der Waals surface area contributed by atoms with Crippen molar-refractivity contribution in [1.82, 2.24) is 9.78 Å². The molecule has 0 bridgehead atoms. The second-order valence-corrected chi connectivity index (χ2v) is 4.16. The number of methoxy groups -OCH3 is 1. The maximum atomic E-state index is 5.24. The third kappa shape index (κ3) is 1.75. The van der Waals surface area contributed by atoms with E-state index >= 15 is 0 Å². The Bertz CT molecular complexity index is 533.